The fourth-order valence-electron chi connectivity index (χ4n) is 3.00. The predicted molar refractivity (Wildman–Crippen MR) is 104 cm³/mol. The fourth-order valence-corrected chi connectivity index (χ4v) is 3.00. The van der Waals surface area contributed by atoms with Crippen LogP contribution in [0.1, 0.15) is 23.1 Å². The molecule has 2 radical (unpaired) electrons. The summed E-state index contributed by atoms with van der Waals surface area (Å²) in [5, 5.41) is 0. The molecule has 0 bridgehead atoms. The molecule has 0 aromatic heterocycles. The van der Waals surface area contributed by atoms with Crippen molar-refractivity contribution in [3.8, 4) is 11.1 Å². The number of benzene rings is 2. The van der Waals surface area contributed by atoms with E-state index < -0.39 is 0 Å². The molecule has 0 heterocycles. The summed E-state index contributed by atoms with van der Waals surface area (Å²) < 4.78 is 0. The van der Waals surface area contributed by atoms with Gasteiger partial charge in [-0.25, -0.2) is 0 Å². The molecule has 122 valence electrons. The van der Waals surface area contributed by atoms with Gasteiger partial charge >= 0.3 is 0 Å². The van der Waals surface area contributed by atoms with E-state index in [2.05, 4.69) is 85.4 Å². The van der Waals surface area contributed by atoms with Gasteiger partial charge in [-0.15, -0.1) is 29.3 Å². The van der Waals surface area contributed by atoms with E-state index in [0.717, 1.165) is 22.4 Å². The van der Waals surface area contributed by atoms with Crippen LogP contribution in [0.2, 0.25) is 13.1 Å². The number of halogens is 1. The van der Waals surface area contributed by atoms with Crippen LogP contribution in [-0.4, -0.2) is 15.9 Å². The molecule has 4 rings (SSSR count). The first-order chi connectivity index (χ1) is 11.3. The third-order valence-electron chi connectivity index (χ3n) is 3.84. The minimum Gasteiger partial charge on any atom is -0.197 e. The van der Waals surface area contributed by atoms with Crippen LogP contribution in [0.15, 0.2) is 54.6 Å². The largest absolute Gasteiger partial charge is 0.197 e. The molecule has 0 unspecified atom stereocenters. The van der Waals surface area contributed by atoms with Crippen molar-refractivity contribution < 1.29 is 26.2 Å². The molecular weight excluding hydrogens is 407 g/mol. The second-order valence-electron chi connectivity index (χ2n) is 5.36. The molecule has 2 aromatic carbocycles. The molecular formula is C21H22ClSiZr-. The number of rotatable bonds is 1. The van der Waals surface area contributed by atoms with E-state index in [1.807, 2.05) is 0 Å². The monoisotopic (exact) mass is 427 g/mol. The molecule has 0 saturated heterocycles. The molecule has 0 saturated carbocycles. The van der Waals surface area contributed by atoms with Crippen LogP contribution < -0.4 is 0 Å². The average molecular weight is 429 g/mol. The van der Waals surface area contributed by atoms with Crippen LogP contribution >= 0.6 is 11.6 Å². The van der Waals surface area contributed by atoms with Crippen LogP contribution in [0, 0.1) is 6.08 Å². The molecule has 3 heteroatoms. The van der Waals surface area contributed by atoms with E-state index in [1.165, 1.54) is 39.8 Å². The van der Waals surface area contributed by atoms with Gasteiger partial charge in [0.05, 0.1) is 0 Å². The van der Waals surface area contributed by atoms with Gasteiger partial charge in [-0.2, -0.15) is 17.7 Å². The Morgan fingerprint density at radius 1 is 0.917 bits per heavy atom. The molecule has 0 nitrogen and oxygen atoms in total. The number of alkyl halides is 1. The van der Waals surface area contributed by atoms with Gasteiger partial charge in [-0.05, 0) is 23.1 Å². The van der Waals surface area contributed by atoms with E-state index >= 15 is 0 Å². The van der Waals surface area contributed by atoms with Crippen molar-refractivity contribution >= 4 is 26.7 Å². The Kier molecular flexibility index (Phi) is 9.81. The van der Waals surface area contributed by atoms with Crippen LogP contribution in [0.4, 0.5) is 0 Å². The molecule has 2 aliphatic rings. The van der Waals surface area contributed by atoms with E-state index in [-0.39, 0.29) is 26.2 Å². The number of hydrogen-bond donors (Lipinski definition) is 0. The summed E-state index contributed by atoms with van der Waals surface area (Å²) in [6.07, 6.45) is 11.3. The Morgan fingerprint density at radius 2 is 1.54 bits per heavy atom. The van der Waals surface area contributed by atoms with Crippen molar-refractivity contribution in [1.82, 2.24) is 0 Å². The van der Waals surface area contributed by atoms with Gasteiger partial charge < -0.3 is 0 Å². The Bertz CT molecular complexity index is 720. The first kappa shape index (κ1) is 21.4. The second-order valence-corrected chi connectivity index (χ2v) is 6.36. The Balaban J connectivity index is 0.000000437. The molecule has 2 aliphatic carbocycles. The van der Waals surface area contributed by atoms with Crippen LogP contribution in [0.3, 0.4) is 0 Å². The molecule has 0 spiro atoms. The van der Waals surface area contributed by atoms with Crippen molar-refractivity contribution in [3.63, 3.8) is 0 Å². The average Bonchev–Trinajstić information content (AvgIpc) is 3.25. The molecule has 0 amide bonds. The van der Waals surface area contributed by atoms with E-state index in [4.69, 9.17) is 0 Å². The third kappa shape index (κ3) is 4.69. The van der Waals surface area contributed by atoms with Crippen molar-refractivity contribution in [1.29, 1.82) is 0 Å². The maximum absolute atomic E-state index is 4.64. The van der Waals surface area contributed by atoms with Crippen LogP contribution in [-0.2, 0) is 32.6 Å². The number of allylic oxidation sites excluding steroid dienone is 4. The molecule has 0 fully saturated rings. The van der Waals surface area contributed by atoms with Gasteiger partial charge in [0.15, 0.2) is 0 Å². The second kappa shape index (κ2) is 11.0. The zero-order valence-corrected chi connectivity index (χ0v) is 18.7. The summed E-state index contributed by atoms with van der Waals surface area (Å²) >= 11 is 4.64. The van der Waals surface area contributed by atoms with Crippen molar-refractivity contribution in [3.05, 3.63) is 77.4 Å². The molecule has 2 aromatic rings. The summed E-state index contributed by atoms with van der Waals surface area (Å²) in [6.45, 7) is 4.31. The normalized spacial score (nSPS) is 12.6. The summed E-state index contributed by atoms with van der Waals surface area (Å²) in [5.74, 6) is 0. The Morgan fingerprint density at radius 3 is 2.21 bits per heavy atom. The maximum atomic E-state index is 4.64. The number of fused-ring (bicyclic) bond motifs is 3. The first-order valence-corrected chi connectivity index (χ1v) is 10.5. The molecule has 0 atom stereocenters. The van der Waals surface area contributed by atoms with Crippen LogP contribution in [0.25, 0.3) is 16.7 Å². The van der Waals surface area contributed by atoms with Crippen molar-refractivity contribution in [2.45, 2.75) is 25.9 Å². The minimum absolute atomic E-state index is 0. The minimum atomic E-state index is 0. The smallest absolute Gasteiger partial charge is 0.0307 e. The maximum Gasteiger partial charge on any atom is 0.0307 e. The van der Waals surface area contributed by atoms with Crippen molar-refractivity contribution in [2.24, 2.45) is 0 Å². The number of hydrogen-bond acceptors (Lipinski definition) is 0. The summed E-state index contributed by atoms with van der Waals surface area (Å²) in [4.78, 5) is 0. The SMILES string of the molecule is CCl.C[Si]C.[C-]1=C(c2cccc3c2Cc2ccccc2-3)C=CC1.[Zr]. The van der Waals surface area contributed by atoms with Gasteiger partial charge in [0.1, 0.15) is 0 Å². The quantitative estimate of drug-likeness (QED) is 0.251. The Labute approximate surface area is 173 Å². The van der Waals surface area contributed by atoms with Crippen LogP contribution in [0.5, 0.6) is 0 Å². The van der Waals surface area contributed by atoms with E-state index in [1.54, 1.807) is 0 Å². The summed E-state index contributed by atoms with van der Waals surface area (Å²) in [5.41, 5.74) is 8.34. The van der Waals surface area contributed by atoms with Gasteiger partial charge in [0.2, 0.25) is 0 Å². The van der Waals surface area contributed by atoms with E-state index in [9.17, 15) is 0 Å². The summed E-state index contributed by atoms with van der Waals surface area (Å²) in [7, 11) is 1.08. The van der Waals surface area contributed by atoms with Gasteiger partial charge in [0.25, 0.3) is 0 Å². The third-order valence-corrected chi connectivity index (χ3v) is 3.84. The first-order valence-electron chi connectivity index (χ1n) is 7.79. The topological polar surface area (TPSA) is 0 Å². The zero-order chi connectivity index (χ0) is 16.7. The molecule has 24 heavy (non-hydrogen) atoms. The fraction of sp³-hybridized carbons (Fsp3) is 0.238. The zero-order valence-electron chi connectivity index (χ0n) is 14.5. The van der Waals surface area contributed by atoms with Gasteiger partial charge in [0, 0.05) is 42.1 Å². The molecule has 0 aliphatic heterocycles. The van der Waals surface area contributed by atoms with E-state index in [0.29, 0.717) is 0 Å². The predicted octanol–water partition coefficient (Wildman–Crippen LogP) is 6.04. The Hall–Kier alpha value is -0.690. The van der Waals surface area contributed by atoms with Crippen molar-refractivity contribution in [2.75, 3.05) is 6.38 Å². The van der Waals surface area contributed by atoms with Gasteiger partial charge in [-0.1, -0.05) is 61.5 Å². The standard InChI is InChI=1S/C18H13.C2H6Si.CH3Cl.Zr/c1-2-7-13(6-1)15-10-5-11-17-16-9-4-3-8-14(16)12-18(15)17;1-3-2;1-2;/h1,3-6,8-11H,2,12H2;1-2H3;1H3;/q-1;;;. The molecule has 0 N–H and O–H groups in total. The van der Waals surface area contributed by atoms with Gasteiger partial charge in [-0.3, -0.25) is 0 Å². The summed E-state index contributed by atoms with van der Waals surface area (Å²) in [6, 6.07) is 15.4.